The van der Waals surface area contributed by atoms with Gasteiger partial charge in [-0.1, -0.05) is 285 Å². The Hall–Kier alpha value is -9.34. The first-order valence-electron chi connectivity index (χ1n) is 26.0. The Morgan fingerprint density at radius 2 is 0.547 bits per heavy atom. The van der Waals surface area contributed by atoms with Crippen LogP contribution in [-0.4, -0.2) is 8.07 Å². The summed E-state index contributed by atoms with van der Waals surface area (Å²) in [6.07, 6.45) is 0. The quantitative estimate of drug-likeness (QED) is 0.0871. The van der Waals surface area contributed by atoms with Gasteiger partial charge < -0.3 is 4.90 Å². The second-order valence-corrected chi connectivity index (χ2v) is 23.4. The normalized spacial score (nSPS) is 13.7. The van der Waals surface area contributed by atoms with Crippen LogP contribution in [-0.2, 0) is 5.41 Å². The fourth-order valence-corrected chi connectivity index (χ4v) is 16.8. The Kier molecular flexibility index (Phi) is 11.9. The van der Waals surface area contributed by atoms with Crippen LogP contribution in [0.5, 0.6) is 0 Å². The minimum Gasteiger partial charge on any atom is -0.310 e. The van der Waals surface area contributed by atoms with Crippen LogP contribution in [0.1, 0.15) is 22.3 Å². The van der Waals surface area contributed by atoms with Crippen molar-refractivity contribution in [2.45, 2.75) is 5.41 Å². The Morgan fingerprint density at radius 1 is 0.227 bits per heavy atom. The molecule has 0 aliphatic heterocycles. The number of nitrogens with zero attached hydrogens (tertiary/aromatic N) is 1. The molecule has 0 aromatic heterocycles. The molecule has 1 unspecified atom stereocenters. The molecular weight excluding hydrogens is 919 g/mol. The Bertz CT molecular complexity index is 3770. The molecule has 0 saturated heterocycles. The molecule has 1 aliphatic carbocycles. The molecule has 0 N–H and O–H groups in total. The van der Waals surface area contributed by atoms with E-state index in [9.17, 15) is 0 Å². The number of rotatable bonds is 12. The van der Waals surface area contributed by atoms with Crippen molar-refractivity contribution < 1.29 is 0 Å². The van der Waals surface area contributed by atoms with E-state index in [2.05, 4.69) is 326 Å². The molecule has 1 aliphatic rings. The van der Waals surface area contributed by atoms with E-state index >= 15 is 0 Å². The molecule has 0 fully saturated rings. The van der Waals surface area contributed by atoms with Gasteiger partial charge in [0.15, 0.2) is 8.07 Å². The van der Waals surface area contributed by atoms with E-state index in [1.54, 1.807) is 0 Å². The van der Waals surface area contributed by atoms with Gasteiger partial charge in [0.25, 0.3) is 0 Å². The summed E-state index contributed by atoms with van der Waals surface area (Å²) >= 11 is 0. The molecule has 0 heterocycles. The minimum absolute atomic E-state index is 0.570. The SMILES string of the molecule is c1ccc(-c2ccc(N(c3ccc(-c4ccc([Si](c5ccccc5)(c5ccccc5)c5ccccc5)cc4)cc3)c3ccc4c(c3)C(c3ccccc3)(c3ccc(-c5ccccc5)cc3)c3ccccc3-4)cc2)cc1. The summed E-state index contributed by atoms with van der Waals surface area (Å²) in [4.78, 5) is 2.43. The summed E-state index contributed by atoms with van der Waals surface area (Å²) in [6, 6.07) is 119. The number of fused-ring (bicyclic) bond motifs is 3. The smallest absolute Gasteiger partial charge is 0.179 e. The monoisotopic (exact) mass is 971 g/mol. The fourth-order valence-electron chi connectivity index (χ4n) is 12.1. The first kappa shape index (κ1) is 45.5. The van der Waals surface area contributed by atoms with Crippen molar-refractivity contribution in [2.24, 2.45) is 0 Å². The highest BCUT2D eigenvalue weighted by Gasteiger charge is 2.46. The summed E-state index contributed by atoms with van der Waals surface area (Å²) in [6.45, 7) is 0. The lowest BCUT2D eigenvalue weighted by atomic mass is 9.67. The second-order valence-electron chi connectivity index (χ2n) is 19.6. The average Bonchev–Trinajstić information content (AvgIpc) is 3.82. The van der Waals surface area contributed by atoms with Crippen LogP contribution in [0.15, 0.2) is 322 Å². The molecule has 0 radical (unpaired) electrons. The molecule has 0 saturated carbocycles. The lowest BCUT2D eigenvalue weighted by Gasteiger charge is -2.35. The van der Waals surface area contributed by atoms with Crippen LogP contribution >= 0.6 is 0 Å². The van der Waals surface area contributed by atoms with Crippen molar-refractivity contribution in [3.05, 3.63) is 344 Å². The van der Waals surface area contributed by atoms with Gasteiger partial charge in [-0.15, -0.1) is 0 Å². The lowest BCUT2D eigenvalue weighted by Crippen LogP contribution is -2.74. The third-order valence-electron chi connectivity index (χ3n) is 15.5. The highest BCUT2D eigenvalue weighted by atomic mass is 28.3. The average molecular weight is 972 g/mol. The first-order chi connectivity index (χ1) is 37.2. The van der Waals surface area contributed by atoms with Gasteiger partial charge in [-0.3, -0.25) is 0 Å². The first-order valence-corrected chi connectivity index (χ1v) is 28.0. The number of hydrogen-bond acceptors (Lipinski definition) is 1. The van der Waals surface area contributed by atoms with E-state index in [0.29, 0.717) is 0 Å². The van der Waals surface area contributed by atoms with E-state index < -0.39 is 13.5 Å². The summed E-state index contributed by atoms with van der Waals surface area (Å²) in [5.41, 5.74) is 17.4. The number of benzene rings is 12. The van der Waals surface area contributed by atoms with Gasteiger partial charge in [-0.25, -0.2) is 0 Å². The van der Waals surface area contributed by atoms with Gasteiger partial charge in [0, 0.05) is 17.1 Å². The molecule has 0 bridgehead atoms. The van der Waals surface area contributed by atoms with Gasteiger partial charge >= 0.3 is 0 Å². The summed E-state index contributed by atoms with van der Waals surface area (Å²) in [5.74, 6) is 0. The molecule has 12 aromatic rings. The topological polar surface area (TPSA) is 3.24 Å². The van der Waals surface area contributed by atoms with Crippen molar-refractivity contribution in [1.82, 2.24) is 0 Å². The third-order valence-corrected chi connectivity index (χ3v) is 20.3. The van der Waals surface area contributed by atoms with E-state index in [1.807, 2.05) is 0 Å². The maximum absolute atomic E-state index is 2.65. The van der Waals surface area contributed by atoms with Crippen molar-refractivity contribution >= 4 is 45.9 Å². The predicted octanol–water partition coefficient (Wildman–Crippen LogP) is 15.9. The Balaban J connectivity index is 0.937. The number of hydrogen-bond donors (Lipinski definition) is 0. The molecule has 1 nitrogen and oxygen atoms in total. The standard InChI is InChI=1S/C73H53NSi/c1-7-21-54(22-8-1)56-35-43-61(44-36-56)73(60-25-11-3-12-26-60)71-34-20-19-33-69(71)70-52-49-64(53-72(70)73)74(62-45-37-57(38-46-62)55-23-9-2-10-24-55)63-47-39-58(40-48-63)59-41-50-68(51-42-59)75(65-27-13-4-14-28-65,66-29-15-5-16-30-66)67-31-17-6-18-32-67/h1-53H. The van der Waals surface area contributed by atoms with Crippen LogP contribution in [0.2, 0.25) is 0 Å². The van der Waals surface area contributed by atoms with Crippen molar-refractivity contribution in [2.75, 3.05) is 4.90 Å². The highest BCUT2D eigenvalue weighted by Crippen LogP contribution is 2.57. The van der Waals surface area contributed by atoms with Crippen LogP contribution < -0.4 is 25.6 Å². The maximum atomic E-state index is 2.47. The lowest BCUT2D eigenvalue weighted by molar-refractivity contribution is 0.768. The zero-order chi connectivity index (χ0) is 50.0. The van der Waals surface area contributed by atoms with E-state index in [0.717, 1.165) is 17.1 Å². The molecule has 12 aromatic carbocycles. The van der Waals surface area contributed by atoms with Crippen LogP contribution in [0.25, 0.3) is 44.5 Å². The molecule has 0 spiro atoms. The predicted molar refractivity (Wildman–Crippen MR) is 318 cm³/mol. The molecule has 0 amide bonds. The summed E-state index contributed by atoms with van der Waals surface area (Å²) < 4.78 is 0. The molecule has 1 atom stereocenters. The van der Waals surface area contributed by atoms with Crippen LogP contribution in [0.4, 0.5) is 17.1 Å². The fraction of sp³-hybridized carbons (Fsp3) is 0.0137. The maximum Gasteiger partial charge on any atom is 0.179 e. The van der Waals surface area contributed by atoms with Gasteiger partial charge in [0.05, 0.1) is 5.41 Å². The summed E-state index contributed by atoms with van der Waals surface area (Å²) in [7, 11) is -2.65. The van der Waals surface area contributed by atoms with Crippen LogP contribution in [0, 0.1) is 0 Å². The van der Waals surface area contributed by atoms with E-state index in [4.69, 9.17) is 0 Å². The third kappa shape index (κ3) is 7.95. The molecule has 75 heavy (non-hydrogen) atoms. The molecule has 13 rings (SSSR count). The van der Waals surface area contributed by atoms with Gasteiger partial charge in [0.2, 0.25) is 0 Å². The molecule has 2 heteroatoms. The largest absolute Gasteiger partial charge is 0.310 e. The minimum atomic E-state index is -2.65. The van der Waals surface area contributed by atoms with E-state index in [1.165, 1.54) is 87.5 Å². The molecular formula is C73H53NSi. The zero-order valence-corrected chi connectivity index (χ0v) is 42.5. The van der Waals surface area contributed by atoms with Crippen molar-refractivity contribution in [3.63, 3.8) is 0 Å². The summed E-state index contributed by atoms with van der Waals surface area (Å²) in [5, 5.41) is 5.46. The second kappa shape index (κ2) is 19.6. The number of anilines is 3. The van der Waals surface area contributed by atoms with Gasteiger partial charge in [0.1, 0.15) is 0 Å². The Morgan fingerprint density at radius 3 is 1.01 bits per heavy atom. The van der Waals surface area contributed by atoms with E-state index in [-0.39, 0.29) is 0 Å². The van der Waals surface area contributed by atoms with Gasteiger partial charge in [-0.05, 0) is 124 Å². The van der Waals surface area contributed by atoms with Crippen LogP contribution in [0.3, 0.4) is 0 Å². The Labute approximate surface area is 442 Å². The molecule has 354 valence electrons. The van der Waals surface area contributed by atoms with Crippen molar-refractivity contribution in [3.8, 4) is 44.5 Å². The van der Waals surface area contributed by atoms with Gasteiger partial charge in [-0.2, -0.15) is 0 Å². The zero-order valence-electron chi connectivity index (χ0n) is 41.5. The van der Waals surface area contributed by atoms with Crippen molar-refractivity contribution in [1.29, 1.82) is 0 Å². The highest BCUT2D eigenvalue weighted by molar-refractivity contribution is 7.19.